The number of rotatable bonds is 2. The van der Waals surface area contributed by atoms with Gasteiger partial charge in [-0.25, -0.2) is 0 Å². The van der Waals surface area contributed by atoms with Gasteiger partial charge in [-0.15, -0.1) is 23.7 Å². The molecule has 1 aliphatic rings. The highest BCUT2D eigenvalue weighted by Gasteiger charge is 2.25. The van der Waals surface area contributed by atoms with Crippen LogP contribution in [0.5, 0.6) is 0 Å². The monoisotopic (exact) mass is 312 g/mol. The minimum atomic E-state index is 0. The average Bonchev–Trinajstić information content (AvgIpc) is 3.09. The van der Waals surface area contributed by atoms with Crippen molar-refractivity contribution in [3.8, 4) is 10.6 Å². The summed E-state index contributed by atoms with van der Waals surface area (Å²) in [5.74, 6) is 0.00746. The van der Waals surface area contributed by atoms with Gasteiger partial charge in [0.25, 0.3) is 5.91 Å². The maximum Gasteiger partial charge on any atom is 0.274 e. The zero-order valence-corrected chi connectivity index (χ0v) is 12.8. The van der Waals surface area contributed by atoms with Crippen molar-refractivity contribution in [1.82, 2.24) is 20.4 Å². The first-order valence-electron chi connectivity index (χ1n) is 6.36. The zero-order chi connectivity index (χ0) is 13.2. The highest BCUT2D eigenvalue weighted by molar-refractivity contribution is 7.13. The molecule has 0 aliphatic carbocycles. The molecular weight excluding hydrogens is 296 g/mol. The number of carbonyl (C=O) groups is 1. The number of aromatic amines is 1. The number of H-pyrrole nitrogens is 1. The molecule has 0 radical (unpaired) electrons. The molecule has 7 heteroatoms. The van der Waals surface area contributed by atoms with Crippen LogP contribution >= 0.6 is 23.7 Å². The van der Waals surface area contributed by atoms with E-state index in [4.69, 9.17) is 0 Å². The van der Waals surface area contributed by atoms with Crippen LogP contribution in [0.25, 0.3) is 10.6 Å². The van der Waals surface area contributed by atoms with E-state index in [1.807, 2.05) is 28.5 Å². The highest BCUT2D eigenvalue weighted by atomic mass is 35.5. The first-order valence-corrected chi connectivity index (χ1v) is 7.24. The van der Waals surface area contributed by atoms with Gasteiger partial charge in [0.2, 0.25) is 0 Å². The Bertz CT molecular complexity index is 569. The van der Waals surface area contributed by atoms with Crippen molar-refractivity contribution in [2.75, 3.05) is 19.6 Å². The molecule has 1 saturated heterocycles. The Balaban J connectivity index is 0.00000147. The van der Waals surface area contributed by atoms with Crippen molar-refractivity contribution in [2.24, 2.45) is 0 Å². The standard InChI is InChI=1S/C13H16N4OS.ClH/c1-9-8-14-4-5-17(9)13(18)11-7-10(15-16-11)12-3-2-6-19-12;/h2-3,6-7,9,14H,4-5,8H2,1H3,(H,15,16);1H. The summed E-state index contributed by atoms with van der Waals surface area (Å²) in [4.78, 5) is 15.4. The quantitative estimate of drug-likeness (QED) is 0.891. The summed E-state index contributed by atoms with van der Waals surface area (Å²) in [6, 6.07) is 6.05. The number of hydrogen-bond donors (Lipinski definition) is 2. The summed E-state index contributed by atoms with van der Waals surface area (Å²) >= 11 is 1.63. The number of aromatic nitrogens is 2. The molecular formula is C13H17ClN4OS. The number of piperazine rings is 1. The van der Waals surface area contributed by atoms with E-state index < -0.39 is 0 Å². The predicted octanol–water partition coefficient (Wildman–Crippen LogP) is 1.99. The maximum absolute atomic E-state index is 12.4. The van der Waals surface area contributed by atoms with Crippen molar-refractivity contribution in [1.29, 1.82) is 0 Å². The van der Waals surface area contributed by atoms with Gasteiger partial charge >= 0.3 is 0 Å². The number of hydrogen-bond acceptors (Lipinski definition) is 4. The van der Waals surface area contributed by atoms with Crippen molar-refractivity contribution in [3.05, 3.63) is 29.3 Å². The van der Waals surface area contributed by atoms with E-state index in [1.54, 1.807) is 11.3 Å². The van der Waals surface area contributed by atoms with Crippen LogP contribution < -0.4 is 5.32 Å². The lowest BCUT2D eigenvalue weighted by Crippen LogP contribution is -2.52. The van der Waals surface area contributed by atoms with Crippen molar-refractivity contribution >= 4 is 29.7 Å². The molecule has 1 amide bonds. The lowest BCUT2D eigenvalue weighted by Gasteiger charge is -2.33. The van der Waals surface area contributed by atoms with E-state index in [9.17, 15) is 4.79 Å². The molecule has 20 heavy (non-hydrogen) atoms. The first kappa shape index (κ1) is 15.0. The van der Waals surface area contributed by atoms with Crippen LogP contribution in [-0.4, -0.2) is 46.7 Å². The fourth-order valence-corrected chi connectivity index (χ4v) is 2.97. The maximum atomic E-state index is 12.4. The molecule has 1 atom stereocenters. The first-order chi connectivity index (χ1) is 9.25. The summed E-state index contributed by atoms with van der Waals surface area (Å²) in [6.45, 7) is 4.48. The number of nitrogens with zero attached hydrogens (tertiary/aromatic N) is 2. The van der Waals surface area contributed by atoms with Crippen molar-refractivity contribution in [2.45, 2.75) is 13.0 Å². The molecule has 1 unspecified atom stereocenters. The SMILES string of the molecule is CC1CNCCN1C(=O)c1cc(-c2cccs2)[nH]n1.Cl. The van der Waals surface area contributed by atoms with Crippen LogP contribution in [0.1, 0.15) is 17.4 Å². The minimum Gasteiger partial charge on any atom is -0.332 e. The van der Waals surface area contributed by atoms with Crippen molar-refractivity contribution in [3.63, 3.8) is 0 Å². The smallest absolute Gasteiger partial charge is 0.274 e. The van der Waals surface area contributed by atoms with E-state index in [2.05, 4.69) is 22.4 Å². The molecule has 0 bridgehead atoms. The number of nitrogens with one attached hydrogen (secondary N) is 2. The second-order valence-corrected chi connectivity index (χ2v) is 5.64. The number of halogens is 1. The number of thiophene rings is 1. The molecule has 5 nitrogen and oxygen atoms in total. The van der Waals surface area contributed by atoms with E-state index in [1.165, 1.54) is 0 Å². The van der Waals surface area contributed by atoms with Gasteiger partial charge in [0.15, 0.2) is 5.69 Å². The molecule has 2 aromatic rings. The second-order valence-electron chi connectivity index (χ2n) is 4.70. The van der Waals surface area contributed by atoms with Crippen LogP contribution in [0, 0.1) is 0 Å². The molecule has 1 fully saturated rings. The van der Waals surface area contributed by atoms with E-state index in [0.29, 0.717) is 5.69 Å². The number of amides is 1. The summed E-state index contributed by atoms with van der Waals surface area (Å²) in [5.41, 5.74) is 1.40. The van der Waals surface area contributed by atoms with Crippen LogP contribution in [0.2, 0.25) is 0 Å². The largest absolute Gasteiger partial charge is 0.332 e. The Hall–Kier alpha value is -1.37. The fraction of sp³-hybridized carbons (Fsp3) is 0.385. The molecule has 0 spiro atoms. The average molecular weight is 313 g/mol. The summed E-state index contributed by atoms with van der Waals surface area (Å²) in [5, 5.41) is 12.4. The van der Waals surface area contributed by atoms with Crippen LogP contribution in [0.4, 0.5) is 0 Å². The van der Waals surface area contributed by atoms with Gasteiger partial charge in [0.05, 0.1) is 10.6 Å². The number of carbonyl (C=O) groups excluding carboxylic acids is 1. The van der Waals surface area contributed by atoms with Gasteiger partial charge < -0.3 is 10.2 Å². The van der Waals surface area contributed by atoms with Crippen LogP contribution in [0.15, 0.2) is 23.6 Å². The summed E-state index contributed by atoms with van der Waals surface area (Å²) in [6.07, 6.45) is 0. The van der Waals surface area contributed by atoms with Crippen molar-refractivity contribution < 1.29 is 4.79 Å². The lowest BCUT2D eigenvalue weighted by molar-refractivity contribution is 0.0649. The normalized spacial score (nSPS) is 18.6. The highest BCUT2D eigenvalue weighted by Crippen LogP contribution is 2.23. The van der Waals surface area contributed by atoms with Crippen LogP contribution in [0.3, 0.4) is 0 Å². The second kappa shape index (κ2) is 6.39. The third kappa shape index (κ3) is 2.87. The molecule has 3 rings (SSSR count). The fourth-order valence-electron chi connectivity index (χ4n) is 2.28. The summed E-state index contributed by atoms with van der Waals surface area (Å²) in [7, 11) is 0. The summed E-state index contributed by atoms with van der Waals surface area (Å²) < 4.78 is 0. The molecule has 108 valence electrons. The Labute approximate surface area is 127 Å². The topological polar surface area (TPSA) is 61.0 Å². The van der Waals surface area contributed by atoms with Gasteiger partial charge in [-0.05, 0) is 24.4 Å². The molecule has 3 heterocycles. The molecule has 1 aliphatic heterocycles. The Kier molecular flexibility index (Phi) is 4.80. The Morgan fingerprint density at radius 3 is 3.10 bits per heavy atom. The lowest BCUT2D eigenvalue weighted by atomic mass is 10.2. The minimum absolute atomic E-state index is 0. The van der Waals surface area contributed by atoms with Gasteiger partial charge in [-0.1, -0.05) is 6.07 Å². The molecule has 2 aromatic heterocycles. The third-order valence-electron chi connectivity index (χ3n) is 3.35. The molecule has 0 aromatic carbocycles. The van der Waals surface area contributed by atoms with E-state index in [-0.39, 0.29) is 24.4 Å². The zero-order valence-electron chi connectivity index (χ0n) is 11.1. The Morgan fingerprint density at radius 2 is 2.40 bits per heavy atom. The predicted molar refractivity (Wildman–Crippen MR) is 82.5 cm³/mol. The van der Waals surface area contributed by atoms with Gasteiger partial charge in [-0.2, -0.15) is 5.10 Å². The van der Waals surface area contributed by atoms with Gasteiger partial charge in [-0.3, -0.25) is 9.89 Å². The van der Waals surface area contributed by atoms with Gasteiger partial charge in [0, 0.05) is 25.7 Å². The van der Waals surface area contributed by atoms with Gasteiger partial charge in [0.1, 0.15) is 0 Å². The molecule has 0 saturated carbocycles. The Morgan fingerprint density at radius 1 is 1.55 bits per heavy atom. The third-order valence-corrected chi connectivity index (χ3v) is 4.25. The van der Waals surface area contributed by atoms with E-state index >= 15 is 0 Å². The van der Waals surface area contributed by atoms with Crippen LogP contribution in [-0.2, 0) is 0 Å². The van der Waals surface area contributed by atoms with E-state index in [0.717, 1.165) is 30.2 Å². The molecule has 2 N–H and O–H groups in total.